The Balaban J connectivity index is 0.000000210. The summed E-state index contributed by atoms with van der Waals surface area (Å²) in [6.45, 7) is 0. The number of hydrogen-bond acceptors (Lipinski definition) is 0. The molecule has 0 aliphatic heterocycles. The molecule has 1 unspecified atom stereocenters. The third-order valence-corrected chi connectivity index (χ3v) is 3.40. The molecule has 0 saturated carbocycles. The first-order valence-electron chi connectivity index (χ1n) is 6.60. The Bertz CT molecular complexity index is 613. The van der Waals surface area contributed by atoms with Gasteiger partial charge < -0.3 is 0 Å². The quantitative estimate of drug-likeness (QED) is 0.440. The maximum absolute atomic E-state index is 2.28. The fourth-order valence-electron chi connectivity index (χ4n) is 2.46. The molecule has 0 aromatic heterocycles. The van der Waals surface area contributed by atoms with Gasteiger partial charge in [-0.05, 0) is 17.0 Å². The van der Waals surface area contributed by atoms with E-state index in [9.17, 15) is 0 Å². The number of rotatable bonds is 1. The molecule has 1 heteroatoms. The molecule has 3 aromatic rings. The van der Waals surface area contributed by atoms with Gasteiger partial charge in [0, 0.05) is 0 Å². The SMILES string of the molecule is C1=CC([c-]2cccc2)c2ccccc21.[Fe+2].c1cc[cH-]c1. The average molecular weight is 300 g/mol. The van der Waals surface area contributed by atoms with E-state index in [1.165, 1.54) is 16.7 Å². The van der Waals surface area contributed by atoms with Gasteiger partial charge in [0.1, 0.15) is 0 Å². The fraction of sp³-hybridized carbons (Fsp3) is 0.0526. The van der Waals surface area contributed by atoms with Gasteiger partial charge in [-0.2, -0.15) is 30.3 Å². The Morgan fingerprint density at radius 2 is 1.55 bits per heavy atom. The Kier molecular flexibility index (Phi) is 5.17. The largest absolute Gasteiger partial charge is 2.00 e. The average Bonchev–Trinajstić information content (AvgIpc) is 3.21. The van der Waals surface area contributed by atoms with Gasteiger partial charge in [0.2, 0.25) is 0 Å². The van der Waals surface area contributed by atoms with Crippen molar-refractivity contribution in [2.45, 2.75) is 5.92 Å². The molecule has 0 bridgehead atoms. The smallest absolute Gasteiger partial charge is 0.214 e. The van der Waals surface area contributed by atoms with Crippen molar-refractivity contribution in [1.82, 2.24) is 0 Å². The molecule has 0 radical (unpaired) electrons. The predicted molar refractivity (Wildman–Crippen MR) is 81.4 cm³/mol. The van der Waals surface area contributed by atoms with Gasteiger partial charge in [-0.3, -0.25) is 0 Å². The van der Waals surface area contributed by atoms with Crippen molar-refractivity contribution < 1.29 is 17.1 Å². The second kappa shape index (κ2) is 7.09. The Hall–Kier alpha value is -1.82. The minimum atomic E-state index is 0. The first-order valence-corrected chi connectivity index (χ1v) is 6.60. The fourth-order valence-corrected chi connectivity index (χ4v) is 2.46. The number of fused-ring (bicyclic) bond motifs is 1. The zero-order valence-corrected chi connectivity index (χ0v) is 12.2. The topological polar surface area (TPSA) is 0 Å². The standard InChI is InChI=1S/C14H11.C5H5.Fe/c1-2-6-11(5-1)14-10-9-12-7-3-4-8-13(12)14;1-2-4-5-3-1;/h1-10,14H;1-5H;/q2*-1;+2. The summed E-state index contributed by atoms with van der Waals surface area (Å²) in [6.07, 6.45) is 4.49. The van der Waals surface area contributed by atoms with Crippen molar-refractivity contribution in [3.05, 3.63) is 102 Å². The van der Waals surface area contributed by atoms with E-state index < -0.39 is 0 Å². The van der Waals surface area contributed by atoms with Crippen molar-refractivity contribution in [2.75, 3.05) is 0 Å². The molecular formula is C19H16Fe. The van der Waals surface area contributed by atoms with Crippen molar-refractivity contribution in [2.24, 2.45) is 0 Å². The predicted octanol–water partition coefficient (Wildman–Crippen LogP) is 4.97. The van der Waals surface area contributed by atoms with Crippen LogP contribution in [0.2, 0.25) is 0 Å². The molecule has 0 nitrogen and oxygen atoms in total. The molecule has 4 rings (SSSR count). The minimum absolute atomic E-state index is 0. The van der Waals surface area contributed by atoms with Gasteiger partial charge in [-0.15, -0.1) is 5.56 Å². The van der Waals surface area contributed by atoms with Crippen molar-refractivity contribution in [1.29, 1.82) is 0 Å². The Morgan fingerprint density at radius 3 is 2.20 bits per heavy atom. The van der Waals surface area contributed by atoms with Crippen LogP contribution in [0.5, 0.6) is 0 Å². The summed E-state index contributed by atoms with van der Waals surface area (Å²) in [5.41, 5.74) is 4.18. The summed E-state index contributed by atoms with van der Waals surface area (Å²) < 4.78 is 0. The van der Waals surface area contributed by atoms with Crippen LogP contribution in [0.15, 0.2) is 84.9 Å². The monoisotopic (exact) mass is 300 g/mol. The van der Waals surface area contributed by atoms with Crippen LogP contribution in [0.1, 0.15) is 22.6 Å². The minimum Gasteiger partial charge on any atom is -0.214 e. The van der Waals surface area contributed by atoms with Crippen LogP contribution in [0.3, 0.4) is 0 Å². The molecule has 0 spiro atoms. The summed E-state index contributed by atoms with van der Waals surface area (Å²) in [6, 6.07) is 27.2. The molecule has 1 atom stereocenters. The first-order chi connectivity index (χ1) is 9.45. The van der Waals surface area contributed by atoms with Crippen LogP contribution < -0.4 is 0 Å². The van der Waals surface area contributed by atoms with Crippen LogP contribution in [0, 0.1) is 0 Å². The molecule has 3 aromatic carbocycles. The van der Waals surface area contributed by atoms with Crippen LogP contribution in [-0.4, -0.2) is 0 Å². The summed E-state index contributed by atoms with van der Waals surface area (Å²) in [4.78, 5) is 0. The zero-order valence-electron chi connectivity index (χ0n) is 11.1. The van der Waals surface area contributed by atoms with Crippen LogP contribution >= 0.6 is 0 Å². The van der Waals surface area contributed by atoms with Crippen molar-refractivity contribution in [3.8, 4) is 0 Å². The number of benzene rings is 1. The second-order valence-corrected chi connectivity index (χ2v) is 4.65. The summed E-state index contributed by atoms with van der Waals surface area (Å²) >= 11 is 0. The van der Waals surface area contributed by atoms with E-state index in [4.69, 9.17) is 0 Å². The molecular weight excluding hydrogens is 284 g/mol. The molecule has 100 valence electrons. The second-order valence-electron chi connectivity index (χ2n) is 4.65. The van der Waals surface area contributed by atoms with Gasteiger partial charge in [-0.1, -0.05) is 36.4 Å². The van der Waals surface area contributed by atoms with E-state index in [2.05, 4.69) is 60.7 Å². The van der Waals surface area contributed by atoms with Crippen LogP contribution in [0.4, 0.5) is 0 Å². The molecule has 0 heterocycles. The third-order valence-electron chi connectivity index (χ3n) is 3.40. The third kappa shape index (κ3) is 3.19. The molecule has 20 heavy (non-hydrogen) atoms. The van der Waals surface area contributed by atoms with Gasteiger partial charge in [0.25, 0.3) is 0 Å². The van der Waals surface area contributed by atoms with Gasteiger partial charge >= 0.3 is 17.1 Å². The van der Waals surface area contributed by atoms with Crippen molar-refractivity contribution >= 4 is 6.08 Å². The van der Waals surface area contributed by atoms with E-state index in [0.717, 1.165) is 0 Å². The molecule has 0 saturated heterocycles. The van der Waals surface area contributed by atoms with Crippen LogP contribution in [0.25, 0.3) is 6.08 Å². The van der Waals surface area contributed by atoms with Gasteiger partial charge in [0.05, 0.1) is 0 Å². The molecule has 1 aliphatic rings. The van der Waals surface area contributed by atoms with E-state index in [0.29, 0.717) is 5.92 Å². The maximum Gasteiger partial charge on any atom is 2.00 e. The zero-order chi connectivity index (χ0) is 12.9. The Morgan fingerprint density at radius 1 is 0.850 bits per heavy atom. The summed E-state index contributed by atoms with van der Waals surface area (Å²) in [7, 11) is 0. The summed E-state index contributed by atoms with van der Waals surface area (Å²) in [5.74, 6) is 0.473. The first kappa shape index (κ1) is 14.6. The van der Waals surface area contributed by atoms with E-state index in [1.807, 2.05) is 30.3 Å². The van der Waals surface area contributed by atoms with Crippen LogP contribution in [-0.2, 0) is 17.1 Å². The number of hydrogen-bond donors (Lipinski definition) is 0. The summed E-state index contributed by atoms with van der Waals surface area (Å²) in [5, 5.41) is 0. The van der Waals surface area contributed by atoms with Crippen molar-refractivity contribution in [3.63, 3.8) is 0 Å². The number of allylic oxidation sites excluding steroid dienone is 1. The van der Waals surface area contributed by atoms with E-state index >= 15 is 0 Å². The molecule has 0 N–H and O–H groups in total. The van der Waals surface area contributed by atoms with Gasteiger partial charge in [0.15, 0.2) is 0 Å². The maximum atomic E-state index is 2.28. The Labute approximate surface area is 131 Å². The van der Waals surface area contributed by atoms with Gasteiger partial charge in [-0.25, -0.2) is 24.3 Å². The molecule has 1 aliphatic carbocycles. The molecule has 0 fully saturated rings. The van der Waals surface area contributed by atoms with E-state index in [1.54, 1.807) is 0 Å². The molecule has 0 amide bonds. The van der Waals surface area contributed by atoms with E-state index in [-0.39, 0.29) is 17.1 Å². The normalized spacial score (nSPS) is 14.9.